The standard InChI is InChI=1S/C14H14O4S/c1-11-7-9-12(10-8-11)19(15,16)18-14-6-4-3-5-13(14)17-2/h3-10H,1-2H3. The average molecular weight is 278 g/mol. The summed E-state index contributed by atoms with van der Waals surface area (Å²) in [5, 5.41) is 0. The van der Waals surface area contributed by atoms with Gasteiger partial charge >= 0.3 is 10.1 Å². The molecule has 0 aliphatic carbocycles. The largest absolute Gasteiger partial charge is 0.493 e. The van der Waals surface area contributed by atoms with E-state index in [1.807, 2.05) is 6.92 Å². The number of rotatable bonds is 4. The molecule has 0 unspecified atom stereocenters. The van der Waals surface area contributed by atoms with Gasteiger partial charge in [-0.05, 0) is 31.2 Å². The summed E-state index contributed by atoms with van der Waals surface area (Å²) in [5.41, 5.74) is 0.983. The number of aryl methyl sites for hydroxylation is 1. The number of para-hydroxylation sites is 2. The fourth-order valence-corrected chi connectivity index (χ4v) is 2.50. The molecular weight excluding hydrogens is 264 g/mol. The van der Waals surface area contributed by atoms with Crippen LogP contribution < -0.4 is 8.92 Å². The van der Waals surface area contributed by atoms with Crippen molar-refractivity contribution in [2.45, 2.75) is 11.8 Å². The molecule has 0 atom stereocenters. The van der Waals surface area contributed by atoms with Crippen LogP contribution in [0.2, 0.25) is 0 Å². The molecule has 0 fully saturated rings. The van der Waals surface area contributed by atoms with E-state index in [0.29, 0.717) is 5.75 Å². The average Bonchev–Trinajstić information content (AvgIpc) is 2.39. The smallest absolute Gasteiger partial charge is 0.339 e. The molecule has 0 aliphatic heterocycles. The minimum Gasteiger partial charge on any atom is -0.493 e. The normalized spacial score (nSPS) is 11.1. The second-order valence-electron chi connectivity index (χ2n) is 4.00. The van der Waals surface area contributed by atoms with Gasteiger partial charge in [-0.25, -0.2) is 0 Å². The van der Waals surface area contributed by atoms with E-state index < -0.39 is 10.1 Å². The Morgan fingerprint density at radius 2 is 1.47 bits per heavy atom. The SMILES string of the molecule is COc1ccccc1OS(=O)(=O)c1ccc(C)cc1. The van der Waals surface area contributed by atoms with E-state index in [4.69, 9.17) is 8.92 Å². The van der Waals surface area contributed by atoms with Crippen LogP contribution in [0, 0.1) is 6.92 Å². The lowest BCUT2D eigenvalue weighted by Crippen LogP contribution is -2.10. The van der Waals surface area contributed by atoms with Gasteiger partial charge < -0.3 is 8.92 Å². The summed E-state index contributed by atoms with van der Waals surface area (Å²) in [6.07, 6.45) is 0. The van der Waals surface area contributed by atoms with Crippen molar-refractivity contribution in [2.75, 3.05) is 7.11 Å². The molecule has 4 nitrogen and oxygen atoms in total. The van der Waals surface area contributed by atoms with Gasteiger partial charge in [0.05, 0.1) is 7.11 Å². The number of methoxy groups -OCH3 is 1. The van der Waals surface area contributed by atoms with E-state index in [1.165, 1.54) is 19.2 Å². The van der Waals surface area contributed by atoms with Crippen molar-refractivity contribution in [1.29, 1.82) is 0 Å². The molecule has 0 bridgehead atoms. The quantitative estimate of drug-likeness (QED) is 0.807. The molecule has 0 heterocycles. The van der Waals surface area contributed by atoms with Gasteiger partial charge in [0.2, 0.25) is 0 Å². The molecule has 0 amide bonds. The van der Waals surface area contributed by atoms with Gasteiger partial charge in [0.15, 0.2) is 11.5 Å². The molecule has 5 heteroatoms. The Labute approximate surface area is 112 Å². The minimum absolute atomic E-state index is 0.115. The molecule has 100 valence electrons. The fraction of sp³-hybridized carbons (Fsp3) is 0.143. The predicted molar refractivity (Wildman–Crippen MR) is 72.0 cm³/mol. The zero-order valence-corrected chi connectivity index (χ0v) is 11.5. The topological polar surface area (TPSA) is 52.6 Å². The molecule has 0 aliphatic rings. The summed E-state index contributed by atoms with van der Waals surface area (Å²) in [7, 11) is -2.38. The molecule has 2 rings (SSSR count). The van der Waals surface area contributed by atoms with Crippen molar-refractivity contribution in [3.63, 3.8) is 0 Å². The van der Waals surface area contributed by atoms with Crippen LogP contribution >= 0.6 is 0 Å². The number of benzene rings is 2. The van der Waals surface area contributed by atoms with Gasteiger partial charge in [0, 0.05) is 0 Å². The van der Waals surface area contributed by atoms with Gasteiger partial charge in [-0.1, -0.05) is 29.8 Å². The maximum absolute atomic E-state index is 12.1. The van der Waals surface area contributed by atoms with Crippen LogP contribution in [-0.4, -0.2) is 15.5 Å². The lowest BCUT2D eigenvalue weighted by atomic mass is 10.2. The highest BCUT2D eigenvalue weighted by Crippen LogP contribution is 2.28. The summed E-state index contributed by atoms with van der Waals surface area (Å²) in [6.45, 7) is 1.89. The molecule has 2 aromatic rings. The first-order valence-electron chi connectivity index (χ1n) is 5.67. The highest BCUT2D eigenvalue weighted by molar-refractivity contribution is 7.87. The molecule has 2 aromatic carbocycles. The molecule has 0 saturated carbocycles. The molecule has 0 aromatic heterocycles. The van der Waals surface area contributed by atoms with Crippen molar-refractivity contribution in [3.05, 3.63) is 54.1 Å². The lowest BCUT2D eigenvalue weighted by Gasteiger charge is -2.10. The molecule has 0 saturated heterocycles. The van der Waals surface area contributed by atoms with Crippen molar-refractivity contribution >= 4 is 10.1 Å². The van der Waals surface area contributed by atoms with E-state index in [-0.39, 0.29) is 10.6 Å². The van der Waals surface area contributed by atoms with Gasteiger partial charge in [-0.2, -0.15) is 8.42 Å². The van der Waals surface area contributed by atoms with Crippen molar-refractivity contribution in [1.82, 2.24) is 0 Å². The third-order valence-electron chi connectivity index (χ3n) is 2.58. The van der Waals surface area contributed by atoms with Gasteiger partial charge in [0.25, 0.3) is 0 Å². The number of ether oxygens (including phenoxy) is 1. The first-order valence-corrected chi connectivity index (χ1v) is 7.08. The molecule has 0 radical (unpaired) electrons. The third-order valence-corrected chi connectivity index (χ3v) is 3.83. The van der Waals surface area contributed by atoms with E-state index in [0.717, 1.165) is 5.56 Å². The Hall–Kier alpha value is -2.01. The molecule has 0 N–H and O–H groups in total. The Balaban J connectivity index is 2.34. The van der Waals surface area contributed by atoms with Crippen LogP contribution in [-0.2, 0) is 10.1 Å². The fourth-order valence-electron chi connectivity index (χ4n) is 1.56. The van der Waals surface area contributed by atoms with Crippen LogP contribution in [0.5, 0.6) is 11.5 Å². The highest BCUT2D eigenvalue weighted by atomic mass is 32.2. The van der Waals surface area contributed by atoms with E-state index in [9.17, 15) is 8.42 Å². The third kappa shape index (κ3) is 3.06. The van der Waals surface area contributed by atoms with Crippen molar-refractivity contribution in [3.8, 4) is 11.5 Å². The maximum atomic E-state index is 12.1. The Morgan fingerprint density at radius 3 is 2.05 bits per heavy atom. The second kappa shape index (κ2) is 5.32. The maximum Gasteiger partial charge on any atom is 0.339 e. The summed E-state index contributed by atoms with van der Waals surface area (Å²) in [5.74, 6) is 0.545. The van der Waals surface area contributed by atoms with Crippen LogP contribution in [0.15, 0.2) is 53.4 Å². The van der Waals surface area contributed by atoms with Crippen LogP contribution in [0.1, 0.15) is 5.56 Å². The molecular formula is C14H14O4S. The number of hydrogen-bond donors (Lipinski definition) is 0. The van der Waals surface area contributed by atoms with Crippen molar-refractivity contribution in [2.24, 2.45) is 0 Å². The van der Waals surface area contributed by atoms with E-state index in [2.05, 4.69) is 0 Å². The summed E-state index contributed by atoms with van der Waals surface area (Å²) >= 11 is 0. The Bertz CT molecular complexity index is 660. The summed E-state index contributed by atoms with van der Waals surface area (Å²) < 4.78 is 34.4. The van der Waals surface area contributed by atoms with Crippen LogP contribution in [0.4, 0.5) is 0 Å². The van der Waals surface area contributed by atoms with Crippen LogP contribution in [0.3, 0.4) is 0 Å². The van der Waals surface area contributed by atoms with Crippen LogP contribution in [0.25, 0.3) is 0 Å². The first-order chi connectivity index (χ1) is 9.03. The van der Waals surface area contributed by atoms with Gasteiger partial charge in [-0.15, -0.1) is 0 Å². The Kier molecular flexibility index (Phi) is 3.76. The van der Waals surface area contributed by atoms with E-state index >= 15 is 0 Å². The molecule has 19 heavy (non-hydrogen) atoms. The highest BCUT2D eigenvalue weighted by Gasteiger charge is 2.18. The Morgan fingerprint density at radius 1 is 0.895 bits per heavy atom. The van der Waals surface area contributed by atoms with Gasteiger partial charge in [0.1, 0.15) is 4.90 Å². The molecule has 0 spiro atoms. The minimum atomic E-state index is -3.84. The second-order valence-corrected chi connectivity index (χ2v) is 5.55. The predicted octanol–water partition coefficient (Wildman–Crippen LogP) is 2.77. The van der Waals surface area contributed by atoms with Crippen molar-refractivity contribution < 1.29 is 17.3 Å². The first kappa shape index (κ1) is 13.4. The zero-order valence-electron chi connectivity index (χ0n) is 10.7. The zero-order chi connectivity index (χ0) is 13.9. The summed E-state index contributed by atoms with van der Waals surface area (Å²) in [6, 6.07) is 13.1. The number of hydrogen-bond acceptors (Lipinski definition) is 4. The monoisotopic (exact) mass is 278 g/mol. The summed E-state index contributed by atoms with van der Waals surface area (Å²) in [4.78, 5) is 0.115. The van der Waals surface area contributed by atoms with Gasteiger partial charge in [-0.3, -0.25) is 0 Å². The van der Waals surface area contributed by atoms with E-state index in [1.54, 1.807) is 36.4 Å². The lowest BCUT2D eigenvalue weighted by molar-refractivity contribution is 0.390.